The fourth-order valence-electron chi connectivity index (χ4n) is 2.72. The molecule has 0 saturated carbocycles. The molecule has 1 aliphatic heterocycles. The van der Waals surface area contributed by atoms with Gasteiger partial charge in [0.2, 0.25) is 11.8 Å². The lowest BCUT2D eigenvalue weighted by molar-refractivity contribution is -0.127. The first kappa shape index (κ1) is 16.7. The van der Waals surface area contributed by atoms with Gasteiger partial charge in [0.25, 0.3) is 0 Å². The Hall–Kier alpha value is -3.13. The molecule has 0 N–H and O–H groups in total. The van der Waals surface area contributed by atoms with Gasteiger partial charge in [-0.25, -0.2) is 4.98 Å². The first-order valence-electron chi connectivity index (χ1n) is 8.29. The molecule has 0 atom stereocenters. The molecule has 1 aromatic carbocycles. The highest BCUT2D eigenvalue weighted by molar-refractivity contribution is 5.91. The second-order valence-electron chi connectivity index (χ2n) is 5.88. The third-order valence-corrected chi connectivity index (χ3v) is 4.12. The Labute approximate surface area is 147 Å². The maximum absolute atomic E-state index is 12.3. The van der Waals surface area contributed by atoms with Crippen LogP contribution in [0.2, 0.25) is 0 Å². The van der Waals surface area contributed by atoms with E-state index < -0.39 is 0 Å². The lowest BCUT2D eigenvalue weighted by Gasteiger charge is -2.31. The van der Waals surface area contributed by atoms with Gasteiger partial charge in [-0.2, -0.15) is 5.26 Å². The van der Waals surface area contributed by atoms with E-state index in [2.05, 4.69) is 4.98 Å². The maximum atomic E-state index is 12.3. The SMILES string of the molecule is N#Cc1ccc(OC2CCN(C(=O)/C=C/c3ccccc3)CC2)nc1. The van der Waals surface area contributed by atoms with Crippen LogP contribution in [0.15, 0.2) is 54.7 Å². The first-order chi connectivity index (χ1) is 12.2. The Balaban J connectivity index is 1.48. The van der Waals surface area contributed by atoms with Crippen LogP contribution in [-0.2, 0) is 4.79 Å². The van der Waals surface area contributed by atoms with Gasteiger partial charge in [-0.15, -0.1) is 0 Å². The monoisotopic (exact) mass is 333 g/mol. The third-order valence-electron chi connectivity index (χ3n) is 4.12. The van der Waals surface area contributed by atoms with E-state index in [-0.39, 0.29) is 12.0 Å². The largest absolute Gasteiger partial charge is 0.474 e. The van der Waals surface area contributed by atoms with E-state index >= 15 is 0 Å². The number of nitrogens with zero attached hydrogens (tertiary/aromatic N) is 3. The van der Waals surface area contributed by atoms with Gasteiger partial charge in [0, 0.05) is 44.3 Å². The van der Waals surface area contributed by atoms with Gasteiger partial charge in [0.15, 0.2) is 0 Å². The molecule has 0 radical (unpaired) electrons. The van der Waals surface area contributed by atoms with Crippen LogP contribution in [0.5, 0.6) is 5.88 Å². The molecule has 1 aromatic heterocycles. The Morgan fingerprint density at radius 3 is 2.60 bits per heavy atom. The van der Waals surface area contributed by atoms with Crippen molar-refractivity contribution in [3.05, 3.63) is 65.9 Å². The number of piperidine rings is 1. The van der Waals surface area contributed by atoms with Crippen molar-refractivity contribution in [3.8, 4) is 11.9 Å². The second-order valence-corrected chi connectivity index (χ2v) is 5.88. The molecular weight excluding hydrogens is 314 g/mol. The van der Waals surface area contributed by atoms with Crippen molar-refractivity contribution in [1.29, 1.82) is 5.26 Å². The third kappa shape index (κ3) is 4.67. The Morgan fingerprint density at radius 1 is 1.20 bits per heavy atom. The van der Waals surface area contributed by atoms with Gasteiger partial charge in [-0.3, -0.25) is 4.79 Å². The van der Waals surface area contributed by atoms with E-state index in [1.807, 2.05) is 47.4 Å². The summed E-state index contributed by atoms with van der Waals surface area (Å²) in [5, 5.41) is 8.77. The van der Waals surface area contributed by atoms with E-state index in [1.54, 1.807) is 18.2 Å². The van der Waals surface area contributed by atoms with E-state index in [0.717, 1.165) is 18.4 Å². The molecule has 1 amide bonds. The average molecular weight is 333 g/mol. The summed E-state index contributed by atoms with van der Waals surface area (Å²) < 4.78 is 5.84. The van der Waals surface area contributed by atoms with Crippen LogP contribution < -0.4 is 4.74 Å². The fourth-order valence-corrected chi connectivity index (χ4v) is 2.72. The highest BCUT2D eigenvalue weighted by atomic mass is 16.5. The molecule has 3 rings (SSSR count). The number of rotatable bonds is 4. The minimum Gasteiger partial charge on any atom is -0.474 e. The number of carbonyl (C=O) groups is 1. The number of pyridine rings is 1. The number of amides is 1. The molecule has 0 unspecified atom stereocenters. The Morgan fingerprint density at radius 2 is 1.96 bits per heavy atom. The van der Waals surface area contributed by atoms with Crippen molar-refractivity contribution in [2.45, 2.75) is 18.9 Å². The van der Waals surface area contributed by atoms with Gasteiger partial charge >= 0.3 is 0 Å². The highest BCUT2D eigenvalue weighted by Crippen LogP contribution is 2.18. The molecule has 25 heavy (non-hydrogen) atoms. The average Bonchev–Trinajstić information content (AvgIpc) is 2.68. The number of benzene rings is 1. The number of aromatic nitrogens is 1. The van der Waals surface area contributed by atoms with Crippen LogP contribution in [0.4, 0.5) is 0 Å². The van der Waals surface area contributed by atoms with Crippen molar-refractivity contribution in [1.82, 2.24) is 9.88 Å². The quantitative estimate of drug-likeness (QED) is 0.807. The molecule has 1 aliphatic rings. The molecule has 0 spiro atoms. The van der Waals surface area contributed by atoms with E-state index in [9.17, 15) is 4.79 Å². The lowest BCUT2D eigenvalue weighted by atomic mass is 10.1. The van der Waals surface area contributed by atoms with Crippen LogP contribution >= 0.6 is 0 Å². The minimum atomic E-state index is 0.0267. The van der Waals surface area contributed by atoms with E-state index in [1.165, 1.54) is 6.20 Å². The zero-order valence-electron chi connectivity index (χ0n) is 13.8. The molecule has 126 valence electrons. The first-order valence-corrected chi connectivity index (χ1v) is 8.29. The van der Waals surface area contributed by atoms with Crippen molar-refractivity contribution in [2.24, 2.45) is 0 Å². The second kappa shape index (κ2) is 8.11. The molecule has 0 bridgehead atoms. The molecule has 0 aliphatic carbocycles. The molecule has 1 saturated heterocycles. The summed E-state index contributed by atoms with van der Waals surface area (Å²) >= 11 is 0. The number of hydrogen-bond acceptors (Lipinski definition) is 4. The van der Waals surface area contributed by atoms with E-state index in [4.69, 9.17) is 10.00 Å². The standard InChI is InChI=1S/C20H19N3O2/c21-14-17-6-8-19(22-15-17)25-18-10-12-23(13-11-18)20(24)9-7-16-4-2-1-3-5-16/h1-9,15,18H,10-13H2/b9-7+. The zero-order chi connectivity index (χ0) is 17.5. The predicted octanol–water partition coefficient (Wildman–Crippen LogP) is 3.04. The van der Waals surface area contributed by atoms with E-state index in [0.29, 0.717) is 24.5 Å². The van der Waals surface area contributed by atoms with Gasteiger partial charge in [-0.1, -0.05) is 30.3 Å². The molecular formula is C20H19N3O2. The highest BCUT2D eigenvalue weighted by Gasteiger charge is 2.23. The molecule has 1 fully saturated rings. The molecule has 5 nitrogen and oxygen atoms in total. The van der Waals surface area contributed by atoms with Gasteiger partial charge in [0.05, 0.1) is 5.56 Å². The number of nitriles is 1. The molecule has 5 heteroatoms. The van der Waals surface area contributed by atoms with Gasteiger partial charge < -0.3 is 9.64 Å². The van der Waals surface area contributed by atoms with Crippen LogP contribution in [0, 0.1) is 11.3 Å². The number of ether oxygens (including phenoxy) is 1. The summed E-state index contributed by atoms with van der Waals surface area (Å²) in [6, 6.07) is 15.2. The summed E-state index contributed by atoms with van der Waals surface area (Å²) in [6.45, 7) is 1.33. The summed E-state index contributed by atoms with van der Waals surface area (Å²) in [6.07, 6.45) is 6.55. The zero-order valence-corrected chi connectivity index (χ0v) is 13.8. The summed E-state index contributed by atoms with van der Waals surface area (Å²) in [5.74, 6) is 0.548. The topological polar surface area (TPSA) is 66.2 Å². The van der Waals surface area contributed by atoms with Crippen molar-refractivity contribution < 1.29 is 9.53 Å². The number of likely N-dealkylation sites (tertiary alicyclic amines) is 1. The van der Waals surface area contributed by atoms with Gasteiger partial charge in [0.1, 0.15) is 12.2 Å². The number of carbonyl (C=O) groups excluding carboxylic acids is 1. The normalized spacial score (nSPS) is 15.1. The van der Waals surface area contributed by atoms with Crippen molar-refractivity contribution in [2.75, 3.05) is 13.1 Å². The summed E-state index contributed by atoms with van der Waals surface area (Å²) in [7, 11) is 0. The maximum Gasteiger partial charge on any atom is 0.246 e. The molecule has 2 heterocycles. The van der Waals surface area contributed by atoms with Gasteiger partial charge in [-0.05, 0) is 17.7 Å². The Kier molecular flexibility index (Phi) is 5.43. The Bertz CT molecular complexity index is 771. The summed E-state index contributed by atoms with van der Waals surface area (Å²) in [5.41, 5.74) is 1.53. The summed E-state index contributed by atoms with van der Waals surface area (Å²) in [4.78, 5) is 18.2. The van der Waals surface area contributed by atoms with Crippen molar-refractivity contribution >= 4 is 12.0 Å². The minimum absolute atomic E-state index is 0.0267. The van der Waals surface area contributed by atoms with Crippen LogP contribution in [0.3, 0.4) is 0 Å². The smallest absolute Gasteiger partial charge is 0.246 e. The predicted molar refractivity (Wildman–Crippen MR) is 94.7 cm³/mol. The molecule has 2 aromatic rings. The number of hydrogen-bond donors (Lipinski definition) is 0. The van der Waals surface area contributed by atoms with Crippen LogP contribution in [0.1, 0.15) is 24.0 Å². The fraction of sp³-hybridized carbons (Fsp3) is 0.250. The van der Waals surface area contributed by atoms with Crippen LogP contribution in [0.25, 0.3) is 6.08 Å². The van der Waals surface area contributed by atoms with Crippen LogP contribution in [-0.4, -0.2) is 35.0 Å². The lowest BCUT2D eigenvalue weighted by Crippen LogP contribution is -2.41. The van der Waals surface area contributed by atoms with Crippen molar-refractivity contribution in [3.63, 3.8) is 0 Å².